The molecule has 0 aromatic heterocycles. The van der Waals surface area contributed by atoms with E-state index in [0.717, 1.165) is 12.8 Å². The number of unbranched alkanes of at least 4 members (excludes halogenated alkanes) is 14. The summed E-state index contributed by atoms with van der Waals surface area (Å²) in [6, 6.07) is 0. The van der Waals surface area contributed by atoms with Crippen LogP contribution < -0.4 is 5.32 Å². The van der Waals surface area contributed by atoms with E-state index in [4.69, 9.17) is 4.74 Å². The molecule has 1 atom stereocenters. The van der Waals surface area contributed by atoms with Crippen molar-refractivity contribution in [3.8, 4) is 0 Å². The van der Waals surface area contributed by atoms with Gasteiger partial charge in [0.15, 0.2) is 0 Å². The molecule has 0 saturated heterocycles. The summed E-state index contributed by atoms with van der Waals surface area (Å²) in [4.78, 5) is 11.9. The van der Waals surface area contributed by atoms with Gasteiger partial charge in [-0.05, 0) is 40.0 Å². The topological polar surface area (TPSA) is 58.6 Å². The molecule has 0 spiro atoms. The number of amides is 1. The summed E-state index contributed by atoms with van der Waals surface area (Å²) in [7, 11) is 0. The maximum absolute atomic E-state index is 11.9. The van der Waals surface area contributed by atoms with Crippen molar-refractivity contribution in [2.75, 3.05) is 13.2 Å². The highest BCUT2D eigenvalue weighted by Gasteiger charge is 2.13. The Morgan fingerprint density at radius 3 is 1.74 bits per heavy atom. The van der Waals surface area contributed by atoms with Crippen LogP contribution in [0.3, 0.4) is 0 Å². The molecular formula is C27H55NO3. The van der Waals surface area contributed by atoms with E-state index in [9.17, 15) is 9.90 Å². The van der Waals surface area contributed by atoms with Gasteiger partial charge in [-0.1, -0.05) is 96.8 Å². The minimum atomic E-state index is -0.679. The number of carbonyl (C=O) groups excluding carboxylic acids is 1. The van der Waals surface area contributed by atoms with Crippen LogP contribution in [-0.4, -0.2) is 35.9 Å². The van der Waals surface area contributed by atoms with Crippen LogP contribution in [0.4, 0.5) is 0 Å². The average Bonchev–Trinajstić information content (AvgIpc) is 2.70. The second kappa shape index (κ2) is 21.2. The van der Waals surface area contributed by atoms with E-state index in [2.05, 4.69) is 12.2 Å². The Bertz CT molecular complexity index is 392. The fourth-order valence-corrected chi connectivity index (χ4v) is 3.75. The molecule has 4 heteroatoms. The van der Waals surface area contributed by atoms with Crippen LogP contribution >= 0.6 is 0 Å². The van der Waals surface area contributed by atoms with E-state index in [1.807, 2.05) is 6.92 Å². The maximum Gasteiger partial charge on any atom is 0.219 e. The Hall–Kier alpha value is -0.610. The van der Waals surface area contributed by atoms with Gasteiger partial charge in [0.25, 0.3) is 0 Å². The Morgan fingerprint density at radius 1 is 0.839 bits per heavy atom. The zero-order valence-electron chi connectivity index (χ0n) is 21.5. The molecule has 0 fully saturated rings. The fourth-order valence-electron chi connectivity index (χ4n) is 3.75. The highest BCUT2D eigenvalue weighted by Crippen LogP contribution is 2.14. The molecule has 0 rings (SSSR count). The second-order valence-electron chi connectivity index (χ2n) is 10.1. The molecule has 0 bridgehead atoms. The summed E-state index contributed by atoms with van der Waals surface area (Å²) in [5, 5.41) is 12.7. The third-order valence-corrected chi connectivity index (χ3v) is 6.00. The van der Waals surface area contributed by atoms with Gasteiger partial charge in [0, 0.05) is 19.6 Å². The molecule has 0 aromatic carbocycles. The van der Waals surface area contributed by atoms with E-state index < -0.39 is 5.60 Å². The Labute approximate surface area is 194 Å². The van der Waals surface area contributed by atoms with Crippen molar-refractivity contribution < 1.29 is 14.6 Å². The number of rotatable bonds is 23. The molecule has 0 aliphatic carbocycles. The normalized spacial score (nSPS) is 12.8. The minimum absolute atomic E-state index is 0.105. The summed E-state index contributed by atoms with van der Waals surface area (Å²) in [5.41, 5.74) is -0.679. The van der Waals surface area contributed by atoms with Gasteiger partial charge in [-0.25, -0.2) is 0 Å². The largest absolute Gasteiger partial charge is 0.390 e. The second-order valence-corrected chi connectivity index (χ2v) is 10.1. The molecule has 0 aromatic rings. The van der Waals surface area contributed by atoms with Crippen LogP contribution in [0, 0.1) is 0 Å². The van der Waals surface area contributed by atoms with E-state index >= 15 is 0 Å². The average molecular weight is 442 g/mol. The Morgan fingerprint density at radius 2 is 1.29 bits per heavy atom. The quantitative estimate of drug-likeness (QED) is 0.163. The lowest BCUT2D eigenvalue weighted by Crippen LogP contribution is -2.28. The molecule has 0 heterocycles. The Kier molecular flexibility index (Phi) is 20.8. The maximum atomic E-state index is 11.9. The highest BCUT2D eigenvalue weighted by molar-refractivity contribution is 5.75. The molecule has 0 aliphatic rings. The predicted octanol–water partition coefficient (Wildman–Crippen LogP) is 7.32. The summed E-state index contributed by atoms with van der Waals surface area (Å²) in [5.74, 6) is 0.165. The number of hydrogen-bond donors (Lipinski definition) is 2. The fraction of sp³-hybridized carbons (Fsp3) is 0.963. The van der Waals surface area contributed by atoms with Gasteiger partial charge in [0.2, 0.25) is 5.91 Å². The third kappa shape index (κ3) is 25.5. The molecule has 0 radical (unpaired) electrons. The van der Waals surface area contributed by atoms with Crippen molar-refractivity contribution in [2.24, 2.45) is 0 Å². The summed E-state index contributed by atoms with van der Waals surface area (Å²) >= 11 is 0. The number of aliphatic hydroxyl groups is 1. The van der Waals surface area contributed by atoms with E-state index in [0.29, 0.717) is 26.0 Å². The molecule has 0 saturated carbocycles. The first-order valence-electron chi connectivity index (χ1n) is 13.5. The zero-order valence-corrected chi connectivity index (χ0v) is 21.5. The molecule has 31 heavy (non-hydrogen) atoms. The molecule has 186 valence electrons. The summed E-state index contributed by atoms with van der Waals surface area (Å²) < 4.78 is 5.68. The predicted molar refractivity (Wildman–Crippen MR) is 134 cm³/mol. The first-order valence-corrected chi connectivity index (χ1v) is 13.5. The van der Waals surface area contributed by atoms with Crippen LogP contribution in [0.5, 0.6) is 0 Å². The van der Waals surface area contributed by atoms with E-state index in [-0.39, 0.29) is 12.0 Å². The Balaban J connectivity index is 3.29. The SMILES string of the molecule is CCCCCCCCCCCCCCCCCC(=O)NCCC(C)OCCC(C)(C)O. The van der Waals surface area contributed by atoms with Crippen LogP contribution in [0.2, 0.25) is 0 Å². The summed E-state index contributed by atoms with van der Waals surface area (Å²) in [6.45, 7) is 9.10. The van der Waals surface area contributed by atoms with Crippen LogP contribution in [0.1, 0.15) is 143 Å². The minimum Gasteiger partial charge on any atom is -0.390 e. The lowest BCUT2D eigenvalue weighted by molar-refractivity contribution is -0.121. The van der Waals surface area contributed by atoms with Crippen molar-refractivity contribution in [3.63, 3.8) is 0 Å². The lowest BCUT2D eigenvalue weighted by Gasteiger charge is -2.19. The van der Waals surface area contributed by atoms with Crippen molar-refractivity contribution >= 4 is 5.91 Å². The van der Waals surface area contributed by atoms with Crippen LogP contribution in [0.15, 0.2) is 0 Å². The van der Waals surface area contributed by atoms with Crippen molar-refractivity contribution in [2.45, 2.75) is 155 Å². The third-order valence-electron chi connectivity index (χ3n) is 6.00. The zero-order chi connectivity index (χ0) is 23.2. The first-order chi connectivity index (χ1) is 14.8. The monoisotopic (exact) mass is 441 g/mol. The number of carbonyl (C=O) groups is 1. The van der Waals surface area contributed by atoms with Gasteiger partial charge >= 0.3 is 0 Å². The van der Waals surface area contributed by atoms with Gasteiger partial charge in [0.1, 0.15) is 0 Å². The molecular weight excluding hydrogens is 386 g/mol. The lowest BCUT2D eigenvalue weighted by atomic mass is 10.0. The van der Waals surface area contributed by atoms with Crippen LogP contribution in [-0.2, 0) is 9.53 Å². The summed E-state index contributed by atoms with van der Waals surface area (Å²) in [6.07, 6.45) is 22.4. The standard InChI is InChI=1S/C27H55NO3/c1-5-6-7-8-9-10-11-12-13-14-15-16-17-18-19-20-26(29)28-23-21-25(2)31-24-22-27(3,4)30/h25,30H,5-24H2,1-4H3,(H,28,29). The van der Waals surface area contributed by atoms with Crippen molar-refractivity contribution in [1.82, 2.24) is 5.32 Å². The molecule has 4 nitrogen and oxygen atoms in total. The van der Waals surface area contributed by atoms with Gasteiger partial charge in [-0.3, -0.25) is 4.79 Å². The van der Waals surface area contributed by atoms with E-state index in [1.165, 1.54) is 89.9 Å². The van der Waals surface area contributed by atoms with Gasteiger partial charge in [-0.2, -0.15) is 0 Å². The molecule has 1 amide bonds. The first kappa shape index (κ1) is 30.4. The molecule has 1 unspecified atom stereocenters. The van der Waals surface area contributed by atoms with Crippen molar-refractivity contribution in [1.29, 1.82) is 0 Å². The van der Waals surface area contributed by atoms with Crippen molar-refractivity contribution in [3.05, 3.63) is 0 Å². The molecule has 2 N–H and O–H groups in total. The highest BCUT2D eigenvalue weighted by atomic mass is 16.5. The number of nitrogens with one attached hydrogen (secondary N) is 1. The van der Waals surface area contributed by atoms with Gasteiger partial charge < -0.3 is 15.2 Å². The van der Waals surface area contributed by atoms with Crippen LogP contribution in [0.25, 0.3) is 0 Å². The number of ether oxygens (including phenoxy) is 1. The van der Waals surface area contributed by atoms with Gasteiger partial charge in [-0.15, -0.1) is 0 Å². The van der Waals surface area contributed by atoms with E-state index in [1.54, 1.807) is 13.8 Å². The number of hydrogen-bond acceptors (Lipinski definition) is 3. The molecule has 0 aliphatic heterocycles. The smallest absolute Gasteiger partial charge is 0.219 e. The van der Waals surface area contributed by atoms with Gasteiger partial charge in [0.05, 0.1) is 11.7 Å².